The molecule has 1 amide bonds. The zero-order valence-corrected chi connectivity index (χ0v) is 20.3. The first-order valence-corrected chi connectivity index (χ1v) is 12.2. The fourth-order valence-corrected chi connectivity index (χ4v) is 5.44. The number of alkyl halides is 3. The number of carbonyl (C=O) groups is 2. The summed E-state index contributed by atoms with van der Waals surface area (Å²) in [5, 5.41) is 12.6. The van der Waals surface area contributed by atoms with Crippen LogP contribution in [0.25, 0.3) is 5.76 Å². The van der Waals surface area contributed by atoms with E-state index in [0.717, 1.165) is 42.5 Å². The molecule has 7 nitrogen and oxygen atoms in total. The van der Waals surface area contributed by atoms with Crippen LogP contribution in [0.15, 0.2) is 71.3 Å². The topological polar surface area (TPSA) is 104 Å². The number of anilines is 1. The Kier molecular flexibility index (Phi) is 6.93. The highest BCUT2D eigenvalue weighted by Gasteiger charge is 2.43. The molecule has 0 aliphatic carbocycles. The van der Waals surface area contributed by atoms with Crippen molar-refractivity contribution in [2.75, 3.05) is 11.9 Å². The summed E-state index contributed by atoms with van der Waals surface area (Å²) in [7, 11) is -4.83. The molecular weight excluding hydrogens is 559 g/mol. The van der Waals surface area contributed by atoms with Gasteiger partial charge in [-0.2, -0.15) is 13.2 Å². The maximum Gasteiger partial charge on any atom is 0.416 e. The second-order valence-corrected chi connectivity index (χ2v) is 10.2. The molecule has 1 aliphatic heterocycles. The van der Waals surface area contributed by atoms with Gasteiger partial charge in [-0.25, -0.2) is 21.5 Å². The largest absolute Gasteiger partial charge is 0.505 e. The van der Waals surface area contributed by atoms with Gasteiger partial charge in [0, 0.05) is 16.8 Å². The monoisotopic (exact) mass is 572 g/mol. The van der Waals surface area contributed by atoms with Gasteiger partial charge in [-0.3, -0.25) is 9.59 Å². The fraction of sp³-hybridized carbons (Fsp3) is 0.0833. The lowest BCUT2D eigenvalue weighted by Crippen LogP contribution is -2.44. The lowest BCUT2D eigenvalue weighted by atomic mass is 10.0. The summed E-state index contributed by atoms with van der Waals surface area (Å²) in [5.74, 6) is -5.06. The van der Waals surface area contributed by atoms with E-state index >= 15 is 0 Å². The van der Waals surface area contributed by atoms with Crippen molar-refractivity contribution in [1.82, 2.24) is 4.31 Å². The first-order chi connectivity index (χ1) is 17.7. The Hall–Kier alpha value is -3.97. The molecule has 198 valence electrons. The maximum atomic E-state index is 13.9. The maximum absolute atomic E-state index is 13.9. The van der Waals surface area contributed by atoms with Crippen LogP contribution in [0.5, 0.6) is 0 Å². The Labute approximate surface area is 216 Å². The van der Waals surface area contributed by atoms with Crippen LogP contribution in [0.3, 0.4) is 0 Å². The number of fused-ring (bicyclic) bond motifs is 1. The molecule has 4 rings (SSSR count). The zero-order valence-electron chi connectivity index (χ0n) is 18.7. The number of hydrogen-bond donors (Lipinski definition) is 2. The van der Waals surface area contributed by atoms with Gasteiger partial charge in [0.1, 0.15) is 28.8 Å². The number of ketones is 1. The number of nitrogens with one attached hydrogen (secondary N) is 1. The van der Waals surface area contributed by atoms with E-state index in [9.17, 15) is 45.1 Å². The van der Waals surface area contributed by atoms with Crippen LogP contribution in [0.2, 0.25) is 5.02 Å². The van der Waals surface area contributed by atoms with E-state index in [1.807, 2.05) is 0 Å². The van der Waals surface area contributed by atoms with E-state index in [4.69, 9.17) is 11.6 Å². The summed E-state index contributed by atoms with van der Waals surface area (Å²) in [4.78, 5) is 25.2. The molecule has 0 unspecified atom stereocenters. The van der Waals surface area contributed by atoms with Gasteiger partial charge in [0.2, 0.25) is 11.7 Å². The van der Waals surface area contributed by atoms with Crippen molar-refractivity contribution in [2.24, 2.45) is 0 Å². The number of allylic oxidation sites excluding steroid dienone is 1. The molecule has 1 heterocycles. The first-order valence-electron chi connectivity index (χ1n) is 10.4. The van der Waals surface area contributed by atoms with Crippen LogP contribution in [0.1, 0.15) is 21.5 Å². The van der Waals surface area contributed by atoms with E-state index in [0.29, 0.717) is 18.2 Å². The highest BCUT2D eigenvalue weighted by Crippen LogP contribution is 2.36. The summed E-state index contributed by atoms with van der Waals surface area (Å²) in [6.45, 7) is -1.14. The minimum absolute atomic E-state index is 0.129. The average Bonchev–Trinajstić information content (AvgIpc) is 2.84. The van der Waals surface area contributed by atoms with Crippen molar-refractivity contribution in [3.05, 3.63) is 99.7 Å². The number of aliphatic hydroxyl groups is 1. The number of halogens is 6. The zero-order chi connectivity index (χ0) is 28.0. The molecule has 0 radical (unpaired) electrons. The Morgan fingerprint density at radius 2 is 1.66 bits per heavy atom. The lowest BCUT2D eigenvalue weighted by molar-refractivity contribution is -0.137. The van der Waals surface area contributed by atoms with E-state index in [1.165, 1.54) is 0 Å². The van der Waals surface area contributed by atoms with E-state index in [1.54, 1.807) is 0 Å². The fourth-order valence-electron chi connectivity index (χ4n) is 3.62. The number of aliphatic hydroxyl groups excluding tert-OH is 1. The van der Waals surface area contributed by atoms with Crippen molar-refractivity contribution in [2.45, 2.75) is 11.1 Å². The molecule has 0 spiro atoms. The van der Waals surface area contributed by atoms with Crippen LogP contribution in [-0.2, 0) is 21.0 Å². The Morgan fingerprint density at radius 3 is 2.26 bits per heavy atom. The molecule has 0 saturated carbocycles. The standard InChI is InChI=1S/C24H14ClF5N2O5S/c25-17-9-12(1-8-18(17)27)22(34)21-23(35)16-7-4-14(26)10-19(16)38(36,37)32(21)11-20(33)31-15-5-2-13(3-6-15)24(28,29)30/h1-10,34H,11H2,(H,31,33). The molecule has 0 bridgehead atoms. The minimum atomic E-state index is -4.83. The SMILES string of the molecule is O=C(CN1C(=C(O)c2ccc(F)c(Cl)c2)C(=O)c2ccc(F)cc2S1(=O)=O)Nc1ccc(C(F)(F)F)cc1. The summed E-state index contributed by atoms with van der Waals surface area (Å²) < 4.78 is 92.9. The summed E-state index contributed by atoms with van der Waals surface area (Å²) in [5.41, 5.74) is -2.80. The number of benzene rings is 3. The van der Waals surface area contributed by atoms with Gasteiger partial charge in [0.15, 0.2) is 5.76 Å². The number of amides is 1. The average molecular weight is 573 g/mol. The lowest BCUT2D eigenvalue weighted by Gasteiger charge is -2.31. The predicted octanol–water partition coefficient (Wildman–Crippen LogP) is 5.39. The highest BCUT2D eigenvalue weighted by molar-refractivity contribution is 7.89. The van der Waals surface area contributed by atoms with Gasteiger partial charge < -0.3 is 10.4 Å². The van der Waals surface area contributed by atoms with Crippen LogP contribution < -0.4 is 5.32 Å². The van der Waals surface area contributed by atoms with Gasteiger partial charge in [0.05, 0.1) is 10.6 Å². The molecule has 0 saturated heterocycles. The van der Waals surface area contributed by atoms with Gasteiger partial charge in [-0.15, -0.1) is 0 Å². The Morgan fingerprint density at radius 1 is 1.00 bits per heavy atom. The van der Waals surface area contributed by atoms with Gasteiger partial charge in [-0.05, 0) is 60.7 Å². The summed E-state index contributed by atoms with van der Waals surface area (Å²) in [6.07, 6.45) is -4.63. The van der Waals surface area contributed by atoms with Crippen molar-refractivity contribution < 1.29 is 45.1 Å². The Balaban J connectivity index is 1.78. The molecule has 1 aliphatic rings. The van der Waals surface area contributed by atoms with Crippen LogP contribution in [-0.4, -0.2) is 36.1 Å². The number of hydrogen-bond acceptors (Lipinski definition) is 5. The molecular formula is C24H14ClF5N2O5S. The molecule has 14 heteroatoms. The third-order valence-electron chi connectivity index (χ3n) is 5.42. The predicted molar refractivity (Wildman–Crippen MR) is 126 cm³/mol. The van der Waals surface area contributed by atoms with Crippen LogP contribution >= 0.6 is 11.6 Å². The van der Waals surface area contributed by atoms with Crippen molar-refractivity contribution in [1.29, 1.82) is 0 Å². The molecule has 0 aromatic heterocycles. The Bertz CT molecular complexity index is 1610. The third-order valence-corrected chi connectivity index (χ3v) is 7.50. The van der Waals surface area contributed by atoms with Crippen LogP contribution in [0.4, 0.5) is 27.6 Å². The van der Waals surface area contributed by atoms with Gasteiger partial charge in [0.25, 0.3) is 10.0 Å². The van der Waals surface area contributed by atoms with Crippen molar-refractivity contribution in [3.8, 4) is 0 Å². The number of nitrogens with zero attached hydrogens (tertiary/aromatic N) is 1. The molecule has 0 atom stereocenters. The van der Waals surface area contributed by atoms with Gasteiger partial charge in [-0.1, -0.05) is 11.6 Å². The number of sulfonamides is 1. The summed E-state index contributed by atoms with van der Waals surface area (Å²) >= 11 is 5.74. The van der Waals surface area contributed by atoms with Crippen molar-refractivity contribution in [3.63, 3.8) is 0 Å². The smallest absolute Gasteiger partial charge is 0.416 e. The van der Waals surface area contributed by atoms with E-state index in [2.05, 4.69) is 5.32 Å². The normalized spacial score (nSPS) is 16.2. The molecule has 3 aromatic carbocycles. The van der Waals surface area contributed by atoms with Crippen LogP contribution in [0, 0.1) is 11.6 Å². The second kappa shape index (κ2) is 9.72. The number of Topliss-reactive ketones (excluding diaryl/α,β-unsaturated/α-hetero) is 1. The minimum Gasteiger partial charge on any atom is -0.505 e. The summed E-state index contributed by atoms with van der Waals surface area (Å²) in [6, 6.07) is 8.26. The molecule has 2 N–H and O–H groups in total. The van der Waals surface area contributed by atoms with Crippen molar-refractivity contribution >= 4 is 44.8 Å². The highest BCUT2D eigenvalue weighted by atomic mass is 35.5. The molecule has 0 fully saturated rings. The third kappa shape index (κ3) is 5.07. The molecule has 38 heavy (non-hydrogen) atoms. The first kappa shape index (κ1) is 27.1. The second-order valence-electron chi connectivity index (χ2n) is 7.93. The number of rotatable bonds is 4. The number of carbonyl (C=O) groups excluding carboxylic acids is 2. The van der Waals surface area contributed by atoms with E-state index in [-0.39, 0.29) is 15.6 Å². The van der Waals surface area contributed by atoms with Gasteiger partial charge >= 0.3 is 6.18 Å². The quantitative estimate of drug-likeness (QED) is 0.248. The van der Waals surface area contributed by atoms with E-state index < -0.39 is 78.6 Å². The molecule has 3 aromatic rings.